The Kier molecular flexibility index (Phi) is 5.35. The van der Waals surface area contributed by atoms with Crippen molar-refractivity contribution in [1.82, 2.24) is 0 Å². The van der Waals surface area contributed by atoms with Gasteiger partial charge in [0, 0.05) is 4.47 Å². The summed E-state index contributed by atoms with van der Waals surface area (Å²) in [6.07, 6.45) is 2.07. The average molecular weight is 293 g/mol. The van der Waals surface area contributed by atoms with Crippen LogP contribution in [0.1, 0.15) is 44.3 Å². The van der Waals surface area contributed by atoms with Crippen molar-refractivity contribution in [1.29, 1.82) is 0 Å². The summed E-state index contributed by atoms with van der Waals surface area (Å²) in [5.41, 5.74) is -0.223. The van der Waals surface area contributed by atoms with Crippen LogP contribution in [0, 0.1) is 11.6 Å². The van der Waals surface area contributed by atoms with Gasteiger partial charge in [0.1, 0.15) is 11.6 Å². The van der Waals surface area contributed by atoms with Gasteiger partial charge in [0.2, 0.25) is 0 Å². The highest BCUT2D eigenvalue weighted by molar-refractivity contribution is 9.10. The molecule has 0 aliphatic carbocycles. The number of unbranched alkanes of at least 4 members (excludes halogenated alkanes) is 2. The Bertz CT molecular complexity index is 332. The maximum Gasteiger partial charge on any atom is 0.133 e. The molecular weight excluding hydrogens is 278 g/mol. The van der Waals surface area contributed by atoms with Crippen LogP contribution in [0.15, 0.2) is 16.6 Å². The highest BCUT2D eigenvalue weighted by Gasteiger charge is 2.18. The molecule has 0 radical (unpaired) electrons. The number of aliphatic hydroxyl groups is 1. The van der Waals surface area contributed by atoms with Gasteiger partial charge in [0.05, 0.1) is 11.7 Å². The predicted octanol–water partition coefficient (Wildman–Crippen LogP) is 4.34. The van der Waals surface area contributed by atoms with Crippen LogP contribution < -0.4 is 0 Å². The minimum Gasteiger partial charge on any atom is -0.388 e. The zero-order valence-corrected chi connectivity index (χ0v) is 10.7. The van der Waals surface area contributed by atoms with E-state index in [0.29, 0.717) is 10.9 Å². The summed E-state index contributed by atoms with van der Waals surface area (Å²) in [5, 5.41) is 9.70. The van der Waals surface area contributed by atoms with Crippen LogP contribution in [0.25, 0.3) is 0 Å². The SMILES string of the molecule is CCCCCC(O)c1c(F)cc(Br)cc1F. The van der Waals surface area contributed by atoms with Crippen LogP contribution in [0.3, 0.4) is 0 Å². The molecule has 1 aromatic rings. The summed E-state index contributed by atoms with van der Waals surface area (Å²) in [6.45, 7) is 2.03. The Morgan fingerprint density at radius 3 is 2.31 bits per heavy atom. The molecule has 0 saturated carbocycles. The van der Waals surface area contributed by atoms with E-state index in [9.17, 15) is 13.9 Å². The molecule has 1 unspecified atom stereocenters. The summed E-state index contributed by atoms with van der Waals surface area (Å²) in [5.74, 6) is -1.40. The Hall–Kier alpha value is -0.480. The van der Waals surface area contributed by atoms with Crippen molar-refractivity contribution < 1.29 is 13.9 Å². The van der Waals surface area contributed by atoms with E-state index in [1.807, 2.05) is 6.92 Å². The first kappa shape index (κ1) is 13.6. The molecule has 1 rings (SSSR count). The van der Waals surface area contributed by atoms with Gasteiger partial charge in [0.25, 0.3) is 0 Å². The van der Waals surface area contributed by atoms with Crippen molar-refractivity contribution in [3.63, 3.8) is 0 Å². The molecule has 0 aromatic heterocycles. The molecule has 1 N–H and O–H groups in total. The summed E-state index contributed by atoms with van der Waals surface area (Å²) in [4.78, 5) is 0. The van der Waals surface area contributed by atoms with Gasteiger partial charge in [-0.3, -0.25) is 0 Å². The molecule has 0 aliphatic heterocycles. The quantitative estimate of drug-likeness (QED) is 0.801. The van der Waals surface area contributed by atoms with E-state index in [-0.39, 0.29) is 5.56 Å². The van der Waals surface area contributed by atoms with Crippen LogP contribution in [0.5, 0.6) is 0 Å². The molecule has 4 heteroatoms. The molecule has 1 nitrogen and oxygen atoms in total. The van der Waals surface area contributed by atoms with E-state index < -0.39 is 17.7 Å². The first-order valence-corrected chi connectivity index (χ1v) is 6.18. The fourth-order valence-electron chi connectivity index (χ4n) is 1.60. The van der Waals surface area contributed by atoms with Crippen LogP contribution in [0.4, 0.5) is 8.78 Å². The van der Waals surface area contributed by atoms with Gasteiger partial charge in [-0.25, -0.2) is 8.78 Å². The van der Waals surface area contributed by atoms with Crippen LogP contribution in [-0.2, 0) is 0 Å². The number of halogens is 3. The van der Waals surface area contributed by atoms with E-state index in [2.05, 4.69) is 15.9 Å². The standard InChI is InChI=1S/C12H15BrF2O/c1-2-3-4-5-11(16)12-9(14)6-8(13)7-10(12)15/h6-7,11,16H,2-5H2,1H3. The number of rotatable bonds is 5. The third-order valence-electron chi connectivity index (χ3n) is 2.46. The summed E-state index contributed by atoms with van der Waals surface area (Å²) in [6, 6.07) is 2.34. The van der Waals surface area contributed by atoms with E-state index in [1.54, 1.807) is 0 Å². The fourth-order valence-corrected chi connectivity index (χ4v) is 2.01. The molecule has 0 amide bonds. The Morgan fingerprint density at radius 1 is 1.25 bits per heavy atom. The fraction of sp³-hybridized carbons (Fsp3) is 0.500. The molecule has 1 aromatic carbocycles. The van der Waals surface area contributed by atoms with Gasteiger partial charge in [-0.05, 0) is 18.6 Å². The maximum absolute atomic E-state index is 13.4. The van der Waals surface area contributed by atoms with E-state index >= 15 is 0 Å². The maximum atomic E-state index is 13.4. The number of aliphatic hydroxyl groups excluding tert-OH is 1. The van der Waals surface area contributed by atoms with Crippen molar-refractivity contribution in [2.75, 3.05) is 0 Å². The molecule has 16 heavy (non-hydrogen) atoms. The van der Waals surface area contributed by atoms with E-state index in [0.717, 1.165) is 19.3 Å². The first-order chi connectivity index (χ1) is 7.56. The lowest BCUT2D eigenvalue weighted by Crippen LogP contribution is -2.04. The second kappa shape index (κ2) is 6.30. The Balaban J connectivity index is 2.78. The van der Waals surface area contributed by atoms with Gasteiger partial charge >= 0.3 is 0 Å². The lowest BCUT2D eigenvalue weighted by atomic mass is 10.0. The topological polar surface area (TPSA) is 20.2 Å². The Labute approximate surface area is 103 Å². The molecule has 90 valence electrons. The van der Waals surface area contributed by atoms with Gasteiger partial charge in [-0.2, -0.15) is 0 Å². The summed E-state index contributed by atoms with van der Waals surface area (Å²) >= 11 is 3.00. The second-order valence-electron chi connectivity index (χ2n) is 3.79. The first-order valence-electron chi connectivity index (χ1n) is 5.38. The average Bonchev–Trinajstić information content (AvgIpc) is 2.16. The molecule has 0 spiro atoms. The van der Waals surface area contributed by atoms with E-state index in [4.69, 9.17) is 0 Å². The zero-order valence-electron chi connectivity index (χ0n) is 9.14. The van der Waals surface area contributed by atoms with Gasteiger partial charge in [0.15, 0.2) is 0 Å². The van der Waals surface area contributed by atoms with Gasteiger partial charge in [-0.15, -0.1) is 0 Å². The molecule has 0 aliphatic rings. The number of hydrogen-bond acceptors (Lipinski definition) is 1. The smallest absolute Gasteiger partial charge is 0.133 e. The molecule has 0 heterocycles. The molecule has 0 bridgehead atoms. The monoisotopic (exact) mass is 292 g/mol. The number of hydrogen-bond donors (Lipinski definition) is 1. The van der Waals surface area contributed by atoms with Crippen LogP contribution in [-0.4, -0.2) is 5.11 Å². The van der Waals surface area contributed by atoms with E-state index in [1.165, 1.54) is 12.1 Å². The highest BCUT2D eigenvalue weighted by atomic mass is 79.9. The normalized spacial score (nSPS) is 12.8. The largest absolute Gasteiger partial charge is 0.388 e. The van der Waals surface area contributed by atoms with Crippen molar-refractivity contribution in [2.24, 2.45) is 0 Å². The second-order valence-corrected chi connectivity index (χ2v) is 4.71. The summed E-state index contributed by atoms with van der Waals surface area (Å²) in [7, 11) is 0. The Morgan fingerprint density at radius 2 is 1.81 bits per heavy atom. The van der Waals surface area contributed by atoms with Crippen LogP contribution in [0.2, 0.25) is 0 Å². The molecule has 1 atom stereocenters. The highest BCUT2D eigenvalue weighted by Crippen LogP contribution is 2.27. The minimum atomic E-state index is -1.06. The lowest BCUT2D eigenvalue weighted by molar-refractivity contribution is 0.154. The van der Waals surface area contributed by atoms with Crippen LogP contribution >= 0.6 is 15.9 Å². The van der Waals surface area contributed by atoms with Crippen molar-refractivity contribution in [3.05, 3.63) is 33.8 Å². The van der Waals surface area contributed by atoms with Gasteiger partial charge in [-0.1, -0.05) is 42.1 Å². The predicted molar refractivity (Wildman–Crippen MR) is 63.2 cm³/mol. The van der Waals surface area contributed by atoms with Crippen molar-refractivity contribution in [3.8, 4) is 0 Å². The molecule has 0 fully saturated rings. The zero-order chi connectivity index (χ0) is 12.1. The molecule has 0 saturated heterocycles. The van der Waals surface area contributed by atoms with Gasteiger partial charge < -0.3 is 5.11 Å². The minimum absolute atomic E-state index is 0.223. The molecular formula is C12H15BrF2O. The third-order valence-corrected chi connectivity index (χ3v) is 2.92. The summed E-state index contributed by atoms with van der Waals surface area (Å²) < 4.78 is 27.2. The van der Waals surface area contributed by atoms with Crippen molar-refractivity contribution in [2.45, 2.75) is 38.7 Å². The van der Waals surface area contributed by atoms with Crippen molar-refractivity contribution >= 4 is 15.9 Å². The number of benzene rings is 1. The third kappa shape index (κ3) is 3.52. The lowest BCUT2D eigenvalue weighted by Gasteiger charge is -2.13.